The maximum absolute atomic E-state index is 4.26. The van der Waals surface area contributed by atoms with E-state index in [1.165, 1.54) is 39.1 Å². The maximum atomic E-state index is 4.26. The van der Waals surface area contributed by atoms with Gasteiger partial charge in [0.05, 0.1) is 14.8 Å². The summed E-state index contributed by atoms with van der Waals surface area (Å²) in [6.45, 7) is 20.2. The van der Waals surface area contributed by atoms with E-state index in [-0.39, 0.29) is 0 Å². The predicted octanol–water partition coefficient (Wildman–Crippen LogP) is 4.93. The Labute approximate surface area is 130 Å². The summed E-state index contributed by atoms with van der Waals surface area (Å²) in [5.41, 5.74) is 6.68. The lowest BCUT2D eigenvalue weighted by molar-refractivity contribution is -0.418. The second-order valence-corrected chi connectivity index (χ2v) is 12.3. The zero-order valence-corrected chi connectivity index (χ0v) is 15.5. The molecule has 0 radical (unpaired) electrons. The van der Waals surface area contributed by atoms with Gasteiger partial charge in [-0.3, -0.25) is 4.58 Å². The second-order valence-electron chi connectivity index (χ2n) is 7.25. The predicted molar refractivity (Wildman–Crippen MR) is 95.6 cm³/mol. The van der Waals surface area contributed by atoms with Crippen LogP contribution in [0.1, 0.15) is 29.2 Å². The standard InChI is InChI=1S/C19H27NSi/c1-13-9-15(3)19(16(4)10-13)17-11-14(2)18(12-20(17)5)21(6,7)8/h9-12H,5H2,1-4,6-8H3. The van der Waals surface area contributed by atoms with Crippen LogP contribution in [0.25, 0.3) is 0 Å². The van der Waals surface area contributed by atoms with Crippen molar-refractivity contribution in [3.05, 3.63) is 63.5 Å². The van der Waals surface area contributed by atoms with Gasteiger partial charge in [0.15, 0.2) is 0 Å². The molecule has 1 aliphatic rings. The van der Waals surface area contributed by atoms with E-state index in [0.29, 0.717) is 0 Å². The van der Waals surface area contributed by atoms with Crippen molar-refractivity contribution in [3.63, 3.8) is 0 Å². The molecular weight excluding hydrogens is 270 g/mol. The minimum atomic E-state index is -1.33. The molecule has 1 nitrogen and oxygen atoms in total. The van der Waals surface area contributed by atoms with Crippen LogP contribution >= 0.6 is 0 Å². The molecule has 112 valence electrons. The summed E-state index contributed by atoms with van der Waals surface area (Å²) in [6.07, 6.45) is 4.56. The van der Waals surface area contributed by atoms with Crippen LogP contribution in [0.4, 0.5) is 0 Å². The molecule has 0 fully saturated rings. The average Bonchev–Trinajstić information content (AvgIpc) is 2.30. The maximum Gasteiger partial charge on any atom is 0.147 e. The molecule has 0 spiro atoms. The Morgan fingerprint density at radius 1 is 1.00 bits per heavy atom. The Morgan fingerprint density at radius 2 is 1.52 bits per heavy atom. The molecule has 0 amide bonds. The van der Waals surface area contributed by atoms with Gasteiger partial charge in [0.2, 0.25) is 0 Å². The molecule has 0 unspecified atom stereocenters. The lowest BCUT2D eigenvalue weighted by atomic mass is 9.91. The van der Waals surface area contributed by atoms with Crippen molar-refractivity contribution in [3.8, 4) is 0 Å². The summed E-state index contributed by atoms with van der Waals surface area (Å²) in [7, 11) is -1.33. The summed E-state index contributed by atoms with van der Waals surface area (Å²) < 4.78 is 2.06. The number of nitrogens with zero attached hydrogens (tertiary/aromatic N) is 1. The molecule has 2 rings (SSSR count). The minimum Gasteiger partial charge on any atom is -0.255 e. The first-order valence-electron chi connectivity index (χ1n) is 7.57. The molecule has 0 N–H and O–H groups in total. The van der Waals surface area contributed by atoms with Crippen LogP contribution in [0.5, 0.6) is 0 Å². The third-order valence-corrected chi connectivity index (χ3v) is 6.25. The molecule has 0 saturated heterocycles. The van der Waals surface area contributed by atoms with Gasteiger partial charge in [0.25, 0.3) is 0 Å². The van der Waals surface area contributed by atoms with Crippen LogP contribution < -0.4 is 0 Å². The quantitative estimate of drug-likeness (QED) is 0.414. The molecule has 0 saturated carbocycles. The van der Waals surface area contributed by atoms with Crippen molar-refractivity contribution in [2.45, 2.75) is 47.3 Å². The Hall–Kier alpha value is -1.54. The van der Waals surface area contributed by atoms with E-state index in [1.807, 2.05) is 0 Å². The summed E-state index contributed by atoms with van der Waals surface area (Å²) in [5.74, 6) is 0. The number of hydrogen-bond donors (Lipinski definition) is 0. The van der Waals surface area contributed by atoms with Crippen LogP contribution in [-0.2, 0) is 0 Å². The van der Waals surface area contributed by atoms with Crippen LogP contribution in [0.3, 0.4) is 0 Å². The minimum absolute atomic E-state index is 1.21. The van der Waals surface area contributed by atoms with Crippen molar-refractivity contribution in [2.24, 2.45) is 0 Å². The molecule has 0 aromatic heterocycles. The normalized spacial score (nSPS) is 16.0. The van der Waals surface area contributed by atoms with E-state index in [2.05, 4.69) is 83.0 Å². The summed E-state index contributed by atoms with van der Waals surface area (Å²) in [5, 5.41) is 1.49. The van der Waals surface area contributed by atoms with Crippen molar-refractivity contribution in [1.29, 1.82) is 0 Å². The second kappa shape index (κ2) is 5.34. The first-order valence-corrected chi connectivity index (χ1v) is 11.1. The van der Waals surface area contributed by atoms with Crippen LogP contribution in [0, 0.1) is 26.8 Å². The molecule has 1 aliphatic heterocycles. The van der Waals surface area contributed by atoms with Gasteiger partial charge in [-0.05, 0) is 23.8 Å². The van der Waals surface area contributed by atoms with Crippen LogP contribution in [0.15, 0.2) is 35.2 Å². The van der Waals surface area contributed by atoms with Gasteiger partial charge in [-0.15, -0.1) is 0 Å². The van der Waals surface area contributed by atoms with Crippen molar-refractivity contribution < 1.29 is 4.58 Å². The monoisotopic (exact) mass is 297 g/mol. The fourth-order valence-corrected chi connectivity index (χ4v) is 5.08. The lowest BCUT2D eigenvalue weighted by Crippen LogP contribution is -2.30. The van der Waals surface area contributed by atoms with Crippen LogP contribution in [-0.4, -0.2) is 19.4 Å². The zero-order valence-electron chi connectivity index (χ0n) is 14.5. The van der Waals surface area contributed by atoms with E-state index in [4.69, 9.17) is 0 Å². The van der Waals surface area contributed by atoms with Gasteiger partial charge in [-0.1, -0.05) is 74.8 Å². The largest absolute Gasteiger partial charge is 0.255 e. The molecule has 2 heteroatoms. The van der Waals surface area contributed by atoms with Gasteiger partial charge >= 0.3 is 0 Å². The van der Waals surface area contributed by atoms with Gasteiger partial charge < -0.3 is 0 Å². The first-order chi connectivity index (χ1) is 9.61. The zero-order chi connectivity index (χ0) is 15.9. The molecule has 0 aliphatic carbocycles. The summed E-state index contributed by atoms with van der Waals surface area (Å²) >= 11 is 0. The topological polar surface area (TPSA) is 3.01 Å². The molecule has 0 atom stereocenters. The van der Waals surface area contributed by atoms with E-state index in [0.717, 1.165) is 0 Å². The Balaban J connectivity index is 2.51. The summed E-state index contributed by atoms with van der Waals surface area (Å²) in [6, 6.07) is 5.72. The van der Waals surface area contributed by atoms with Crippen molar-refractivity contribution in [1.82, 2.24) is 0 Å². The van der Waals surface area contributed by atoms with Gasteiger partial charge in [-0.25, -0.2) is 0 Å². The van der Waals surface area contributed by atoms with E-state index in [9.17, 15) is 0 Å². The Kier molecular flexibility index (Phi) is 4.03. The number of rotatable bonds is 2. The van der Waals surface area contributed by atoms with Crippen molar-refractivity contribution >= 4 is 14.8 Å². The third-order valence-electron chi connectivity index (χ3n) is 4.11. The highest BCUT2D eigenvalue weighted by atomic mass is 28.3. The average molecular weight is 298 g/mol. The summed E-state index contributed by atoms with van der Waals surface area (Å²) in [4.78, 5) is 0. The number of allylic oxidation sites excluding steroid dienone is 2. The highest BCUT2D eigenvalue weighted by Crippen LogP contribution is 2.34. The fourth-order valence-electron chi connectivity index (χ4n) is 3.28. The molecule has 0 bridgehead atoms. The van der Waals surface area contributed by atoms with Crippen molar-refractivity contribution in [2.75, 3.05) is 0 Å². The Morgan fingerprint density at radius 3 is 2.00 bits per heavy atom. The smallest absolute Gasteiger partial charge is 0.147 e. The van der Waals surface area contributed by atoms with E-state index >= 15 is 0 Å². The van der Waals surface area contributed by atoms with Gasteiger partial charge in [-0.2, -0.15) is 0 Å². The highest BCUT2D eigenvalue weighted by Gasteiger charge is 2.28. The molecule has 1 aromatic carbocycles. The third kappa shape index (κ3) is 3.05. The van der Waals surface area contributed by atoms with Gasteiger partial charge in [0.1, 0.15) is 12.2 Å². The number of benzene rings is 1. The first kappa shape index (κ1) is 15.8. The highest BCUT2D eigenvalue weighted by molar-refractivity contribution is 6.84. The number of hydrogen-bond acceptors (Lipinski definition) is 0. The molecule has 21 heavy (non-hydrogen) atoms. The Bertz CT molecular complexity index is 634. The van der Waals surface area contributed by atoms with Crippen LogP contribution in [0.2, 0.25) is 19.6 Å². The van der Waals surface area contributed by atoms with E-state index < -0.39 is 8.07 Å². The lowest BCUT2D eigenvalue weighted by Gasteiger charge is -2.30. The SMILES string of the molecule is C=[N+]1C=C([Si](C)(C)C)C(C)=C[C-]1c1c(C)cc(C)cc1C. The fraction of sp³-hybridized carbons (Fsp3) is 0.368. The van der Waals surface area contributed by atoms with Gasteiger partial charge in [0, 0.05) is 0 Å². The molecular formula is C19H27NSi. The molecule has 1 heterocycles. The number of aryl methyl sites for hydroxylation is 3. The van der Waals surface area contributed by atoms with E-state index in [1.54, 1.807) is 0 Å². The molecule has 1 aromatic rings.